The molecule has 0 radical (unpaired) electrons. The van der Waals surface area contributed by atoms with Crippen LogP contribution in [0.3, 0.4) is 0 Å². The number of carbonyl (C=O) groups is 1. The quantitative estimate of drug-likeness (QED) is 0.398. The van der Waals surface area contributed by atoms with Crippen molar-refractivity contribution in [1.29, 1.82) is 0 Å². The van der Waals surface area contributed by atoms with Crippen LogP contribution in [0.2, 0.25) is 0 Å². The van der Waals surface area contributed by atoms with E-state index in [1.807, 2.05) is 19.9 Å². The number of aryl methyl sites for hydroxylation is 2. The van der Waals surface area contributed by atoms with Crippen molar-refractivity contribution in [3.8, 4) is 11.5 Å². The summed E-state index contributed by atoms with van der Waals surface area (Å²) in [6.07, 6.45) is 12.2. The average Bonchev–Trinajstić information content (AvgIpc) is 3.64. The predicted molar refractivity (Wildman–Crippen MR) is 142 cm³/mol. The number of benzene rings is 1. The molecule has 4 aliphatic carbocycles. The van der Waals surface area contributed by atoms with E-state index < -0.39 is 5.54 Å². The summed E-state index contributed by atoms with van der Waals surface area (Å²) in [4.78, 5) is 23.0. The summed E-state index contributed by atoms with van der Waals surface area (Å²) in [6, 6.07) is 8.39. The summed E-state index contributed by atoms with van der Waals surface area (Å²) in [6.45, 7) is 6.16. The van der Waals surface area contributed by atoms with Gasteiger partial charge in [0.15, 0.2) is 11.6 Å². The molecule has 1 N–H and O–H groups in total. The van der Waals surface area contributed by atoms with Crippen LogP contribution in [0.1, 0.15) is 108 Å². The van der Waals surface area contributed by atoms with Crippen LogP contribution in [0, 0.1) is 18.3 Å². The maximum absolute atomic E-state index is 13.8. The first-order valence-corrected chi connectivity index (χ1v) is 14.4. The highest BCUT2D eigenvalue weighted by molar-refractivity contribution is 5.80. The van der Waals surface area contributed by atoms with Crippen molar-refractivity contribution < 1.29 is 13.8 Å². The largest absolute Gasteiger partial charge is 0.346 e. The first-order chi connectivity index (χ1) is 18.4. The number of fused-ring (bicyclic) bond motifs is 3. The molecule has 1 atom stereocenters. The third-order valence-electron chi connectivity index (χ3n) is 10.1. The number of aromatic nitrogens is 4. The Hall–Kier alpha value is -3.03. The molecule has 7 rings (SSSR count). The van der Waals surface area contributed by atoms with Crippen LogP contribution in [0.5, 0.6) is 0 Å². The molecule has 4 saturated carbocycles. The Balaban J connectivity index is 1.36. The van der Waals surface area contributed by atoms with E-state index in [4.69, 9.17) is 9.05 Å². The van der Waals surface area contributed by atoms with Crippen molar-refractivity contribution in [3.63, 3.8) is 0 Å². The average molecular weight is 518 g/mol. The number of hydrogen-bond donors (Lipinski definition) is 1. The van der Waals surface area contributed by atoms with Crippen molar-refractivity contribution in [1.82, 2.24) is 25.6 Å². The van der Waals surface area contributed by atoms with Gasteiger partial charge in [-0.2, -0.15) is 9.97 Å². The fourth-order valence-electron chi connectivity index (χ4n) is 7.47. The van der Waals surface area contributed by atoms with Gasteiger partial charge in [0.2, 0.25) is 11.8 Å². The summed E-state index contributed by atoms with van der Waals surface area (Å²) >= 11 is 0. The van der Waals surface area contributed by atoms with Gasteiger partial charge >= 0.3 is 0 Å². The zero-order chi connectivity index (χ0) is 26.4. The molecule has 38 heavy (non-hydrogen) atoms. The fourth-order valence-corrected chi connectivity index (χ4v) is 7.47. The molecule has 1 amide bonds. The van der Waals surface area contributed by atoms with Crippen molar-refractivity contribution >= 4 is 5.91 Å². The van der Waals surface area contributed by atoms with E-state index in [9.17, 15) is 4.79 Å². The van der Waals surface area contributed by atoms with Gasteiger partial charge in [0.05, 0.1) is 5.54 Å². The van der Waals surface area contributed by atoms with Gasteiger partial charge in [0.25, 0.3) is 5.89 Å². The lowest BCUT2D eigenvalue weighted by Crippen LogP contribution is -2.61. The number of rotatable bonds is 7. The van der Waals surface area contributed by atoms with E-state index in [-0.39, 0.29) is 22.7 Å². The lowest BCUT2D eigenvalue weighted by molar-refractivity contribution is -0.133. The molecular weight excluding hydrogens is 478 g/mol. The number of nitrogens with one attached hydrogen (secondary N) is 1. The fraction of sp³-hybridized carbons (Fsp3) is 0.633. The topological polar surface area (TPSA) is 107 Å². The van der Waals surface area contributed by atoms with E-state index in [1.165, 1.54) is 6.42 Å². The van der Waals surface area contributed by atoms with E-state index in [1.54, 1.807) is 0 Å². The van der Waals surface area contributed by atoms with Gasteiger partial charge in [-0.15, -0.1) is 0 Å². The smallest absolute Gasteiger partial charge is 0.257 e. The predicted octanol–water partition coefficient (Wildman–Crippen LogP) is 6.19. The first-order valence-electron chi connectivity index (χ1n) is 14.4. The molecule has 202 valence electrons. The molecule has 0 saturated heterocycles. The minimum atomic E-state index is -0.525. The van der Waals surface area contributed by atoms with E-state index in [2.05, 4.69) is 50.7 Å². The SMILES string of the molecule is CCc1noc(-c2cccc(C(C)(NC(=O)C3CCCCC3)C34CCC(c5nc(C)no5)(CC3)CC4)c2)n1. The number of nitrogens with zero attached hydrogens (tertiary/aromatic N) is 4. The molecule has 1 unspecified atom stereocenters. The minimum Gasteiger partial charge on any atom is -0.346 e. The summed E-state index contributed by atoms with van der Waals surface area (Å²) in [5, 5.41) is 11.9. The Morgan fingerprint density at radius 3 is 2.39 bits per heavy atom. The molecule has 2 heterocycles. The van der Waals surface area contributed by atoms with E-state index in [0.717, 1.165) is 87.6 Å². The summed E-state index contributed by atoms with van der Waals surface area (Å²) in [7, 11) is 0. The van der Waals surface area contributed by atoms with Gasteiger partial charge < -0.3 is 14.4 Å². The van der Waals surface area contributed by atoms with Gasteiger partial charge in [-0.25, -0.2) is 0 Å². The zero-order valence-corrected chi connectivity index (χ0v) is 22.9. The van der Waals surface area contributed by atoms with Crippen LogP contribution in [-0.4, -0.2) is 26.2 Å². The normalized spacial score (nSPS) is 27.2. The van der Waals surface area contributed by atoms with Crippen LogP contribution < -0.4 is 5.32 Å². The van der Waals surface area contributed by atoms with Gasteiger partial charge in [-0.05, 0) is 88.3 Å². The molecule has 8 heteroatoms. The number of hydrogen-bond acceptors (Lipinski definition) is 7. The lowest BCUT2D eigenvalue weighted by Gasteiger charge is -2.59. The van der Waals surface area contributed by atoms with E-state index in [0.29, 0.717) is 17.5 Å². The van der Waals surface area contributed by atoms with Gasteiger partial charge in [-0.1, -0.05) is 48.6 Å². The molecule has 4 aliphatic rings. The second kappa shape index (κ2) is 9.62. The van der Waals surface area contributed by atoms with Crippen molar-refractivity contribution in [2.75, 3.05) is 0 Å². The standard InChI is InChI=1S/C30H39N5O3/c1-4-24-32-26(37-35-24)22-11-8-12-23(19-22)28(3,33-25(36)21-9-6-5-7-10-21)30-16-13-29(14-17-30,15-18-30)27-31-20(2)34-38-27/h8,11-12,19,21H,4-7,9-10,13-18H2,1-3H3,(H,33,36). The lowest BCUT2D eigenvalue weighted by atomic mass is 9.47. The highest BCUT2D eigenvalue weighted by Crippen LogP contribution is 2.63. The highest BCUT2D eigenvalue weighted by atomic mass is 16.5. The summed E-state index contributed by atoms with van der Waals surface area (Å²) in [5.41, 5.74) is 1.38. The Morgan fingerprint density at radius 2 is 1.76 bits per heavy atom. The monoisotopic (exact) mass is 517 g/mol. The van der Waals surface area contributed by atoms with Gasteiger partial charge in [0, 0.05) is 23.3 Å². The van der Waals surface area contributed by atoms with E-state index >= 15 is 0 Å². The van der Waals surface area contributed by atoms with Crippen LogP contribution in [-0.2, 0) is 22.2 Å². The van der Waals surface area contributed by atoms with Crippen molar-refractivity contribution in [3.05, 3.63) is 47.4 Å². The molecule has 4 fully saturated rings. The second-order valence-electron chi connectivity index (χ2n) is 12.1. The number of amides is 1. The molecule has 1 aromatic carbocycles. The highest BCUT2D eigenvalue weighted by Gasteiger charge is 2.60. The van der Waals surface area contributed by atoms with Crippen LogP contribution >= 0.6 is 0 Å². The Kier molecular flexibility index (Phi) is 6.39. The maximum Gasteiger partial charge on any atom is 0.257 e. The van der Waals surface area contributed by atoms with Crippen LogP contribution in [0.4, 0.5) is 0 Å². The first kappa shape index (κ1) is 25.3. The zero-order valence-electron chi connectivity index (χ0n) is 22.9. The molecule has 8 nitrogen and oxygen atoms in total. The molecule has 2 bridgehead atoms. The summed E-state index contributed by atoms with van der Waals surface area (Å²) < 4.78 is 11.3. The maximum atomic E-state index is 13.8. The minimum absolute atomic E-state index is 0.0422. The third kappa shape index (κ3) is 4.16. The molecular formula is C30H39N5O3. The Morgan fingerprint density at radius 1 is 1.03 bits per heavy atom. The third-order valence-corrected chi connectivity index (χ3v) is 10.1. The van der Waals surface area contributed by atoms with Gasteiger partial charge in [-0.3, -0.25) is 4.79 Å². The molecule has 0 spiro atoms. The Bertz CT molecular complexity index is 1280. The van der Waals surface area contributed by atoms with Crippen LogP contribution in [0.25, 0.3) is 11.5 Å². The molecule has 3 aromatic rings. The molecule has 0 aliphatic heterocycles. The van der Waals surface area contributed by atoms with Crippen LogP contribution in [0.15, 0.2) is 33.3 Å². The molecule has 2 aromatic heterocycles. The second-order valence-corrected chi connectivity index (χ2v) is 12.1. The Labute approximate surface area is 224 Å². The number of carbonyl (C=O) groups excluding carboxylic acids is 1. The van der Waals surface area contributed by atoms with Crippen molar-refractivity contribution in [2.45, 2.75) is 109 Å². The van der Waals surface area contributed by atoms with Gasteiger partial charge in [0.1, 0.15) is 0 Å². The van der Waals surface area contributed by atoms with Crippen molar-refractivity contribution in [2.24, 2.45) is 11.3 Å². The summed E-state index contributed by atoms with van der Waals surface area (Å²) in [5.74, 6) is 3.02.